The number of rotatable bonds is 4. The van der Waals surface area contributed by atoms with Gasteiger partial charge in [-0.05, 0) is 24.1 Å². The van der Waals surface area contributed by atoms with Gasteiger partial charge in [0.25, 0.3) is 0 Å². The Morgan fingerprint density at radius 3 is 2.24 bits per heavy atom. The number of hydrogen-bond acceptors (Lipinski definition) is 1. The second kappa shape index (κ2) is 6.95. The lowest BCUT2D eigenvalue weighted by Gasteiger charge is -2.14. The van der Waals surface area contributed by atoms with Gasteiger partial charge in [-0.25, -0.2) is 8.78 Å². The van der Waals surface area contributed by atoms with Crippen molar-refractivity contribution in [3.8, 4) is 5.75 Å². The summed E-state index contributed by atoms with van der Waals surface area (Å²) in [6, 6.07) is 7.40. The maximum absolute atomic E-state index is 14.0. The zero-order chi connectivity index (χ0) is 15.6. The van der Waals surface area contributed by atoms with Crippen molar-refractivity contribution in [3.05, 3.63) is 63.1 Å². The molecule has 1 unspecified atom stereocenters. The topological polar surface area (TPSA) is 9.23 Å². The first-order valence-electron chi connectivity index (χ1n) is 6.03. The third-order valence-corrected chi connectivity index (χ3v) is 4.52. The number of hydrogen-bond donors (Lipinski definition) is 0. The van der Waals surface area contributed by atoms with E-state index in [1.54, 1.807) is 18.2 Å². The lowest BCUT2D eigenvalue weighted by atomic mass is 10.0. The second-order valence-electron chi connectivity index (χ2n) is 4.42. The summed E-state index contributed by atoms with van der Waals surface area (Å²) >= 11 is 15.1. The summed E-state index contributed by atoms with van der Waals surface area (Å²) < 4.78 is 32.8. The Bertz CT molecular complexity index is 641. The maximum atomic E-state index is 14.0. The largest absolute Gasteiger partial charge is 0.497 e. The average molecular weight is 396 g/mol. The Hall–Kier alpha value is -0.840. The molecule has 21 heavy (non-hydrogen) atoms. The molecule has 6 heteroatoms. The molecule has 0 spiro atoms. The van der Waals surface area contributed by atoms with Gasteiger partial charge in [0.1, 0.15) is 17.4 Å². The van der Waals surface area contributed by atoms with Crippen LogP contribution in [0.1, 0.15) is 16.0 Å². The standard InChI is InChI=1S/C15H11BrCl2F2O/c1-21-9-6-13(19)15(14(20)7-9)10(16)4-8-2-3-11(17)12(18)5-8/h2-3,5-7,10H,4H2,1H3. The van der Waals surface area contributed by atoms with Gasteiger partial charge >= 0.3 is 0 Å². The highest BCUT2D eigenvalue weighted by Crippen LogP contribution is 2.34. The molecule has 0 aromatic heterocycles. The van der Waals surface area contributed by atoms with E-state index in [1.165, 1.54) is 7.11 Å². The summed E-state index contributed by atoms with van der Waals surface area (Å²) in [5, 5.41) is 0.845. The Morgan fingerprint density at radius 1 is 1.10 bits per heavy atom. The summed E-state index contributed by atoms with van der Waals surface area (Å²) in [7, 11) is 1.36. The first-order chi connectivity index (χ1) is 9.92. The van der Waals surface area contributed by atoms with Gasteiger partial charge in [-0.1, -0.05) is 45.2 Å². The molecule has 0 saturated heterocycles. The van der Waals surface area contributed by atoms with Crippen molar-refractivity contribution in [2.45, 2.75) is 11.2 Å². The maximum Gasteiger partial charge on any atom is 0.134 e. The van der Waals surface area contributed by atoms with Crippen LogP contribution in [-0.4, -0.2) is 7.11 Å². The summed E-state index contributed by atoms with van der Waals surface area (Å²) in [6.07, 6.45) is 0.372. The molecule has 2 aromatic rings. The predicted octanol–water partition coefficient (Wildman–Crippen LogP) is 5.96. The van der Waals surface area contributed by atoms with Crippen LogP contribution < -0.4 is 4.74 Å². The molecule has 0 N–H and O–H groups in total. The lowest BCUT2D eigenvalue weighted by molar-refractivity contribution is 0.405. The second-order valence-corrected chi connectivity index (χ2v) is 6.34. The first-order valence-corrected chi connectivity index (χ1v) is 7.70. The van der Waals surface area contributed by atoms with Gasteiger partial charge in [0.15, 0.2) is 0 Å². The van der Waals surface area contributed by atoms with E-state index in [1.807, 2.05) is 0 Å². The Balaban J connectivity index is 2.27. The predicted molar refractivity (Wildman–Crippen MR) is 84.7 cm³/mol. The van der Waals surface area contributed by atoms with Crippen LogP contribution in [0, 0.1) is 11.6 Å². The molecule has 0 saturated carbocycles. The van der Waals surface area contributed by atoms with Crippen LogP contribution in [0.4, 0.5) is 8.78 Å². The number of ether oxygens (including phenoxy) is 1. The van der Waals surface area contributed by atoms with Crippen molar-refractivity contribution < 1.29 is 13.5 Å². The molecule has 2 rings (SSSR count). The van der Waals surface area contributed by atoms with Gasteiger partial charge in [0, 0.05) is 22.5 Å². The fourth-order valence-electron chi connectivity index (χ4n) is 1.95. The Morgan fingerprint density at radius 2 is 1.71 bits per heavy atom. The zero-order valence-electron chi connectivity index (χ0n) is 11.0. The quantitative estimate of drug-likeness (QED) is 0.580. The van der Waals surface area contributed by atoms with Gasteiger partial charge in [-0.2, -0.15) is 0 Å². The summed E-state index contributed by atoms with van der Waals surface area (Å²) in [5.41, 5.74) is 0.780. The molecule has 0 aliphatic heterocycles. The molecule has 0 fully saturated rings. The number of halogens is 5. The van der Waals surface area contributed by atoms with Crippen molar-refractivity contribution in [2.24, 2.45) is 0 Å². The van der Waals surface area contributed by atoms with Gasteiger partial charge < -0.3 is 4.74 Å². The third kappa shape index (κ3) is 3.87. The molecule has 0 amide bonds. The van der Waals surface area contributed by atoms with E-state index < -0.39 is 16.5 Å². The first kappa shape index (κ1) is 16.5. The fourth-order valence-corrected chi connectivity index (χ4v) is 3.09. The van der Waals surface area contributed by atoms with E-state index in [-0.39, 0.29) is 11.3 Å². The van der Waals surface area contributed by atoms with Gasteiger partial charge in [-0.3, -0.25) is 0 Å². The van der Waals surface area contributed by atoms with Crippen LogP contribution in [0.3, 0.4) is 0 Å². The molecule has 1 nitrogen and oxygen atoms in total. The van der Waals surface area contributed by atoms with Crippen LogP contribution in [0.25, 0.3) is 0 Å². The fraction of sp³-hybridized carbons (Fsp3) is 0.200. The Kier molecular flexibility index (Phi) is 5.47. The minimum absolute atomic E-state index is 0.0399. The van der Waals surface area contributed by atoms with Crippen molar-refractivity contribution >= 4 is 39.1 Å². The van der Waals surface area contributed by atoms with Crippen LogP contribution in [0.2, 0.25) is 10.0 Å². The highest BCUT2D eigenvalue weighted by molar-refractivity contribution is 9.09. The molecule has 2 aromatic carbocycles. The van der Waals surface area contributed by atoms with Gasteiger partial charge in [0.05, 0.1) is 17.2 Å². The van der Waals surface area contributed by atoms with E-state index in [4.69, 9.17) is 27.9 Å². The number of alkyl halides is 1. The van der Waals surface area contributed by atoms with Crippen molar-refractivity contribution in [3.63, 3.8) is 0 Å². The van der Waals surface area contributed by atoms with E-state index in [2.05, 4.69) is 15.9 Å². The molecule has 0 bridgehead atoms. The summed E-state index contributed by atoms with van der Waals surface area (Å²) in [6.45, 7) is 0. The number of methoxy groups -OCH3 is 1. The molecule has 0 aliphatic rings. The highest BCUT2D eigenvalue weighted by atomic mass is 79.9. The highest BCUT2D eigenvalue weighted by Gasteiger charge is 2.20. The number of benzene rings is 2. The Labute approximate surface area is 140 Å². The van der Waals surface area contributed by atoms with E-state index in [0.717, 1.165) is 17.7 Å². The normalized spacial score (nSPS) is 12.3. The van der Waals surface area contributed by atoms with Crippen LogP contribution in [-0.2, 0) is 6.42 Å². The van der Waals surface area contributed by atoms with Gasteiger partial charge in [0.2, 0.25) is 0 Å². The van der Waals surface area contributed by atoms with E-state index in [0.29, 0.717) is 16.5 Å². The lowest BCUT2D eigenvalue weighted by Crippen LogP contribution is -2.03. The molecular formula is C15H11BrCl2F2O. The van der Waals surface area contributed by atoms with Crippen LogP contribution in [0.5, 0.6) is 5.75 Å². The van der Waals surface area contributed by atoms with Crippen molar-refractivity contribution in [1.29, 1.82) is 0 Å². The monoisotopic (exact) mass is 394 g/mol. The van der Waals surface area contributed by atoms with Crippen molar-refractivity contribution in [2.75, 3.05) is 7.11 Å². The molecular weight excluding hydrogens is 385 g/mol. The average Bonchev–Trinajstić information content (AvgIpc) is 2.42. The van der Waals surface area contributed by atoms with Crippen molar-refractivity contribution in [1.82, 2.24) is 0 Å². The zero-order valence-corrected chi connectivity index (χ0v) is 14.1. The molecule has 0 radical (unpaired) electrons. The summed E-state index contributed by atoms with van der Waals surface area (Å²) in [4.78, 5) is -0.527. The molecule has 0 heterocycles. The summed E-state index contributed by atoms with van der Waals surface area (Å²) in [5.74, 6) is -1.18. The molecule has 1 atom stereocenters. The van der Waals surface area contributed by atoms with Crippen LogP contribution in [0.15, 0.2) is 30.3 Å². The minimum atomic E-state index is -0.659. The van der Waals surface area contributed by atoms with Crippen LogP contribution >= 0.6 is 39.1 Å². The van der Waals surface area contributed by atoms with Gasteiger partial charge in [-0.15, -0.1) is 0 Å². The van der Waals surface area contributed by atoms with E-state index in [9.17, 15) is 8.78 Å². The van der Waals surface area contributed by atoms with E-state index >= 15 is 0 Å². The smallest absolute Gasteiger partial charge is 0.134 e. The molecule has 0 aliphatic carbocycles. The SMILES string of the molecule is COc1cc(F)c(C(Br)Cc2ccc(Cl)c(Cl)c2)c(F)c1. The third-order valence-electron chi connectivity index (χ3n) is 3.00. The minimum Gasteiger partial charge on any atom is -0.497 e. The molecule has 112 valence electrons.